The second-order valence-corrected chi connectivity index (χ2v) is 6.96. The molecule has 1 atom stereocenters. The summed E-state index contributed by atoms with van der Waals surface area (Å²) in [6, 6.07) is 5.79. The Balaban J connectivity index is 1.88. The van der Waals surface area contributed by atoms with E-state index in [1.807, 2.05) is 0 Å². The maximum absolute atomic E-state index is 12.7. The van der Waals surface area contributed by atoms with E-state index in [2.05, 4.69) is 19.9 Å². The van der Waals surface area contributed by atoms with Crippen LogP contribution in [0.5, 0.6) is 0 Å². The van der Waals surface area contributed by atoms with Crippen molar-refractivity contribution in [3.63, 3.8) is 0 Å². The maximum Gasteiger partial charge on any atom is 0.331 e. The van der Waals surface area contributed by atoms with Crippen molar-refractivity contribution in [2.45, 2.75) is 18.4 Å². The van der Waals surface area contributed by atoms with Crippen LogP contribution in [-0.4, -0.2) is 60.5 Å². The number of rotatable bonds is 8. The summed E-state index contributed by atoms with van der Waals surface area (Å²) in [6.45, 7) is 0. The van der Waals surface area contributed by atoms with Crippen molar-refractivity contribution >= 4 is 46.3 Å². The van der Waals surface area contributed by atoms with Gasteiger partial charge >= 0.3 is 11.9 Å². The molecule has 0 amide bonds. The van der Waals surface area contributed by atoms with Gasteiger partial charge in [-0.05, 0) is 30.7 Å². The monoisotopic (exact) mass is 441 g/mol. The number of aromatic nitrogens is 4. The summed E-state index contributed by atoms with van der Waals surface area (Å²) < 4.78 is 0. The van der Waals surface area contributed by atoms with Gasteiger partial charge in [-0.25, -0.2) is 14.8 Å². The highest BCUT2D eigenvalue weighted by Crippen LogP contribution is 2.24. The lowest BCUT2D eigenvalue weighted by Gasteiger charge is -2.23. The molecule has 166 valence electrons. The lowest BCUT2D eigenvalue weighted by molar-refractivity contribution is -0.142. The summed E-state index contributed by atoms with van der Waals surface area (Å²) in [4.78, 5) is 63.1. The Morgan fingerprint density at radius 3 is 2.41 bits per heavy atom. The van der Waals surface area contributed by atoms with Gasteiger partial charge < -0.3 is 26.6 Å². The fourth-order valence-electron chi connectivity index (χ4n) is 2.94. The van der Waals surface area contributed by atoms with E-state index in [9.17, 15) is 24.3 Å². The van der Waals surface area contributed by atoms with Crippen LogP contribution >= 0.6 is 0 Å². The van der Waals surface area contributed by atoms with Crippen LogP contribution in [0.15, 0.2) is 35.3 Å². The Morgan fingerprint density at radius 2 is 1.81 bits per heavy atom. The number of H-pyrrole nitrogens is 1. The molecule has 2 aromatic heterocycles. The van der Waals surface area contributed by atoms with E-state index < -0.39 is 41.7 Å². The first-order valence-electron chi connectivity index (χ1n) is 9.18. The lowest BCUT2D eigenvalue weighted by atomic mass is 9.86. The molecule has 0 aliphatic rings. The molecule has 3 aromatic rings. The molecule has 0 bridgehead atoms. The van der Waals surface area contributed by atoms with Crippen molar-refractivity contribution in [2.24, 2.45) is 5.73 Å². The molecular formula is C19H19N7O6. The Hall–Kier alpha value is -4.39. The van der Waals surface area contributed by atoms with Gasteiger partial charge in [0, 0.05) is 24.7 Å². The van der Waals surface area contributed by atoms with Crippen LogP contribution in [0, 0.1) is 0 Å². The number of nitrogens with two attached hydrogens (primary N) is 2. The quantitative estimate of drug-likeness (QED) is 0.228. The summed E-state index contributed by atoms with van der Waals surface area (Å²) in [7, 11) is 1.65. The average molecular weight is 441 g/mol. The van der Waals surface area contributed by atoms with Gasteiger partial charge in [0.15, 0.2) is 28.3 Å². The summed E-state index contributed by atoms with van der Waals surface area (Å²) in [5, 5.41) is 18.2. The van der Waals surface area contributed by atoms with Gasteiger partial charge in [0.05, 0.1) is 6.20 Å². The number of hydrogen-bond acceptors (Lipinski definition) is 10. The van der Waals surface area contributed by atoms with Gasteiger partial charge in [-0.1, -0.05) is 0 Å². The number of benzene rings is 1. The number of aliphatic carboxylic acids is 2. The summed E-state index contributed by atoms with van der Waals surface area (Å²) in [5.74, 6) is -3.57. The molecule has 0 aliphatic carbocycles. The van der Waals surface area contributed by atoms with Crippen molar-refractivity contribution in [1.82, 2.24) is 19.9 Å². The predicted octanol–water partition coefficient (Wildman–Crippen LogP) is -0.107. The number of carbonyl (C=O) groups excluding carboxylic acids is 1. The fourth-order valence-corrected chi connectivity index (χ4v) is 2.94. The minimum atomic E-state index is -2.37. The van der Waals surface area contributed by atoms with Crippen LogP contribution in [0.25, 0.3) is 11.2 Å². The number of carbonyl (C=O) groups is 3. The van der Waals surface area contributed by atoms with Crippen LogP contribution in [0.1, 0.15) is 23.2 Å². The van der Waals surface area contributed by atoms with Crippen LogP contribution < -0.4 is 21.9 Å². The van der Waals surface area contributed by atoms with Gasteiger partial charge in [0.1, 0.15) is 0 Å². The zero-order valence-electron chi connectivity index (χ0n) is 16.8. The van der Waals surface area contributed by atoms with E-state index in [0.717, 1.165) is 0 Å². The normalized spacial score (nSPS) is 12.8. The molecule has 1 aromatic carbocycles. The molecule has 0 fully saturated rings. The van der Waals surface area contributed by atoms with E-state index >= 15 is 0 Å². The van der Waals surface area contributed by atoms with Crippen molar-refractivity contribution in [1.29, 1.82) is 0 Å². The Kier molecular flexibility index (Phi) is 5.85. The molecule has 13 nitrogen and oxygen atoms in total. The average Bonchev–Trinajstić information content (AvgIpc) is 2.75. The van der Waals surface area contributed by atoms with Gasteiger partial charge in [-0.15, -0.1) is 0 Å². The van der Waals surface area contributed by atoms with Gasteiger partial charge in [0.25, 0.3) is 5.56 Å². The second kappa shape index (κ2) is 8.39. The number of ketones is 1. The van der Waals surface area contributed by atoms with Crippen LogP contribution in [0.3, 0.4) is 0 Å². The van der Waals surface area contributed by atoms with E-state index in [1.165, 1.54) is 30.5 Å². The number of fused-ring (bicyclic) bond motifs is 1. The molecule has 0 spiro atoms. The highest BCUT2D eigenvalue weighted by molar-refractivity contribution is 6.16. The Labute approximate surface area is 179 Å². The molecule has 0 saturated heterocycles. The number of nitrogens with zero attached hydrogens (tertiary/aromatic N) is 4. The van der Waals surface area contributed by atoms with Crippen molar-refractivity contribution in [3.05, 3.63) is 46.4 Å². The SMILES string of the molecule is CN(c1ccc(C(=O)C(N)(CCC(=O)O)C(=O)O)cc1)c1cnc2c(=O)[nH]c(N)nc2n1. The zero-order valence-corrected chi connectivity index (χ0v) is 16.8. The Morgan fingerprint density at radius 1 is 1.16 bits per heavy atom. The van der Waals surface area contributed by atoms with Crippen molar-refractivity contribution < 1.29 is 24.6 Å². The van der Waals surface area contributed by atoms with E-state index in [-0.39, 0.29) is 22.7 Å². The van der Waals surface area contributed by atoms with Gasteiger partial charge in [0.2, 0.25) is 5.95 Å². The minimum Gasteiger partial charge on any atom is -0.481 e. The first-order chi connectivity index (χ1) is 15.0. The molecule has 0 aliphatic heterocycles. The summed E-state index contributed by atoms with van der Waals surface area (Å²) in [5.41, 5.74) is 9.02. The fraction of sp³-hybridized carbons (Fsp3) is 0.211. The third-order valence-corrected chi connectivity index (χ3v) is 4.80. The molecule has 13 heteroatoms. The number of Topliss-reactive ketones (excluding diaryl/α,β-unsaturated/α-hetero) is 1. The number of anilines is 3. The van der Waals surface area contributed by atoms with Crippen molar-refractivity contribution in [3.8, 4) is 0 Å². The number of aromatic amines is 1. The topological polar surface area (TPSA) is 218 Å². The summed E-state index contributed by atoms with van der Waals surface area (Å²) >= 11 is 0. The molecule has 3 rings (SSSR count). The number of hydrogen-bond donors (Lipinski definition) is 5. The number of nitrogen functional groups attached to an aromatic ring is 1. The first-order valence-corrected chi connectivity index (χ1v) is 9.18. The van der Waals surface area contributed by atoms with E-state index in [0.29, 0.717) is 11.5 Å². The molecule has 32 heavy (non-hydrogen) atoms. The molecule has 0 radical (unpaired) electrons. The number of carboxylic acid groups (broad SMARTS) is 2. The maximum atomic E-state index is 12.7. The molecule has 2 heterocycles. The largest absolute Gasteiger partial charge is 0.481 e. The standard InChI is InChI=1S/C19H19N7O6/c1-26(11-8-22-13-15(23-11)24-18(20)25-16(13)30)10-4-2-9(3-5-10)14(29)19(21,17(31)32)7-6-12(27)28/h2-5,8H,6-7,21H2,1H3,(H,27,28)(H,31,32)(H3,20,23,24,25,30). The van der Waals surface area contributed by atoms with E-state index in [1.54, 1.807) is 11.9 Å². The summed E-state index contributed by atoms with van der Waals surface area (Å²) in [6.07, 6.45) is 0.229. The van der Waals surface area contributed by atoms with Crippen LogP contribution in [-0.2, 0) is 9.59 Å². The zero-order chi connectivity index (χ0) is 23.6. The van der Waals surface area contributed by atoms with Gasteiger partial charge in [-0.3, -0.25) is 19.4 Å². The molecule has 7 N–H and O–H groups in total. The highest BCUT2D eigenvalue weighted by Gasteiger charge is 2.42. The van der Waals surface area contributed by atoms with Gasteiger partial charge in [-0.2, -0.15) is 4.98 Å². The van der Waals surface area contributed by atoms with Crippen LogP contribution in [0.2, 0.25) is 0 Å². The third-order valence-electron chi connectivity index (χ3n) is 4.80. The smallest absolute Gasteiger partial charge is 0.331 e. The minimum absolute atomic E-state index is 0.00279. The van der Waals surface area contributed by atoms with Crippen LogP contribution in [0.4, 0.5) is 17.5 Å². The molecule has 1 unspecified atom stereocenters. The Bertz CT molecular complexity index is 1270. The third kappa shape index (κ3) is 4.22. The van der Waals surface area contributed by atoms with E-state index in [4.69, 9.17) is 16.6 Å². The van der Waals surface area contributed by atoms with Crippen molar-refractivity contribution in [2.75, 3.05) is 17.7 Å². The molecular weight excluding hydrogens is 422 g/mol. The predicted molar refractivity (Wildman–Crippen MR) is 113 cm³/mol. The number of carboxylic acids is 2. The lowest BCUT2D eigenvalue weighted by Crippen LogP contribution is -2.55. The first kappa shape index (κ1) is 22.3. The number of nitrogens with one attached hydrogen (secondary N) is 1. The second-order valence-electron chi connectivity index (χ2n) is 6.96. The molecule has 0 saturated carbocycles. The highest BCUT2D eigenvalue weighted by atomic mass is 16.4.